The third kappa shape index (κ3) is 4.17. The molecule has 3 aromatic carbocycles. The van der Waals surface area contributed by atoms with E-state index in [9.17, 15) is 14.7 Å². The molecule has 34 heavy (non-hydrogen) atoms. The minimum absolute atomic E-state index is 0.251. The first-order valence-electron chi connectivity index (χ1n) is 12.0. The minimum atomic E-state index is -1.85. The maximum Gasteiger partial charge on any atom is 0.265 e. The maximum atomic E-state index is 13.5. The van der Waals surface area contributed by atoms with Gasteiger partial charge in [-0.15, -0.1) is 0 Å². The van der Waals surface area contributed by atoms with Crippen LogP contribution in [0, 0.1) is 5.92 Å². The summed E-state index contributed by atoms with van der Waals surface area (Å²) < 4.78 is 0. The Kier molecular flexibility index (Phi) is 6.07. The Morgan fingerprint density at radius 3 is 2.24 bits per heavy atom. The van der Waals surface area contributed by atoms with Gasteiger partial charge >= 0.3 is 0 Å². The highest BCUT2D eigenvalue weighted by Crippen LogP contribution is 2.43. The number of ketones is 1. The van der Waals surface area contributed by atoms with Gasteiger partial charge in [-0.2, -0.15) is 0 Å². The molecule has 0 bridgehead atoms. The molecular weight excluding hydrogens is 424 g/mol. The number of benzene rings is 3. The van der Waals surface area contributed by atoms with Crippen LogP contribution < -0.4 is 4.90 Å². The first-order valence-corrected chi connectivity index (χ1v) is 12.0. The van der Waals surface area contributed by atoms with Gasteiger partial charge in [0, 0.05) is 24.2 Å². The van der Waals surface area contributed by atoms with Crippen LogP contribution >= 0.6 is 0 Å². The van der Waals surface area contributed by atoms with Crippen LogP contribution in [0.4, 0.5) is 5.69 Å². The van der Waals surface area contributed by atoms with Crippen molar-refractivity contribution in [3.63, 3.8) is 0 Å². The standard InChI is InChI=1S/C29H30N2O3/c1-21-15-17-30(18-16-21)20-31-26-10-6-5-9-25(26)29(34,28(31)33)19-27(32)24-13-11-23(12-14-24)22-7-3-2-4-8-22/h2-14,21,34H,15-20H2,1H3. The molecule has 0 aromatic heterocycles. The average molecular weight is 455 g/mol. The fourth-order valence-electron chi connectivity index (χ4n) is 5.03. The zero-order chi connectivity index (χ0) is 23.7. The number of aliphatic hydroxyl groups is 1. The third-order valence-corrected chi connectivity index (χ3v) is 7.19. The number of likely N-dealkylation sites (tertiary alicyclic amines) is 1. The number of piperidine rings is 1. The summed E-state index contributed by atoms with van der Waals surface area (Å²) in [5.74, 6) is 0.0288. The Bertz CT molecular complexity index is 1180. The fourth-order valence-corrected chi connectivity index (χ4v) is 5.03. The van der Waals surface area contributed by atoms with Crippen molar-refractivity contribution in [2.75, 3.05) is 24.7 Å². The van der Waals surface area contributed by atoms with E-state index in [1.165, 1.54) is 0 Å². The summed E-state index contributed by atoms with van der Waals surface area (Å²) in [6.45, 7) is 4.55. The Labute approximate surface area is 200 Å². The second-order valence-corrected chi connectivity index (χ2v) is 9.60. The number of carbonyl (C=O) groups is 2. The van der Waals surface area contributed by atoms with Gasteiger partial charge in [0.1, 0.15) is 0 Å². The van der Waals surface area contributed by atoms with Crippen LogP contribution in [0.15, 0.2) is 78.9 Å². The Morgan fingerprint density at radius 2 is 1.53 bits per heavy atom. The molecule has 1 atom stereocenters. The largest absolute Gasteiger partial charge is 0.375 e. The Morgan fingerprint density at radius 1 is 0.912 bits per heavy atom. The maximum absolute atomic E-state index is 13.5. The number of nitrogens with zero attached hydrogens (tertiary/aromatic N) is 2. The first kappa shape index (κ1) is 22.5. The van der Waals surface area contributed by atoms with Gasteiger partial charge in [-0.25, -0.2) is 0 Å². The number of para-hydroxylation sites is 1. The molecule has 174 valence electrons. The van der Waals surface area contributed by atoms with E-state index in [-0.39, 0.29) is 12.2 Å². The number of hydrogen-bond donors (Lipinski definition) is 1. The molecule has 0 radical (unpaired) electrons. The van der Waals surface area contributed by atoms with Gasteiger partial charge in [-0.05, 0) is 36.0 Å². The van der Waals surface area contributed by atoms with Crippen molar-refractivity contribution >= 4 is 17.4 Å². The molecule has 0 spiro atoms. The molecule has 1 unspecified atom stereocenters. The lowest BCUT2D eigenvalue weighted by molar-refractivity contribution is -0.136. The van der Waals surface area contributed by atoms with E-state index in [4.69, 9.17) is 0 Å². The van der Waals surface area contributed by atoms with E-state index < -0.39 is 11.5 Å². The van der Waals surface area contributed by atoms with Gasteiger partial charge in [-0.1, -0.05) is 79.7 Å². The number of hydrogen-bond acceptors (Lipinski definition) is 4. The summed E-state index contributed by atoms with van der Waals surface area (Å²) in [4.78, 5) is 30.6. The van der Waals surface area contributed by atoms with Crippen LogP contribution in [0.25, 0.3) is 11.1 Å². The fraction of sp³-hybridized carbons (Fsp3) is 0.310. The molecule has 5 heteroatoms. The quantitative estimate of drug-likeness (QED) is 0.541. The summed E-state index contributed by atoms with van der Waals surface area (Å²) in [7, 11) is 0. The normalized spacial score (nSPS) is 21.0. The predicted octanol–water partition coefficient (Wildman–Crippen LogP) is 4.85. The van der Waals surface area contributed by atoms with Crippen LogP contribution in [0.5, 0.6) is 0 Å². The zero-order valence-corrected chi connectivity index (χ0v) is 19.5. The van der Waals surface area contributed by atoms with Crippen LogP contribution in [0.1, 0.15) is 42.1 Å². The Hall–Kier alpha value is -3.28. The molecule has 1 amide bonds. The van der Waals surface area contributed by atoms with Crippen LogP contribution in [-0.4, -0.2) is 41.5 Å². The molecule has 1 fully saturated rings. The van der Waals surface area contributed by atoms with Gasteiger partial charge in [-0.3, -0.25) is 19.4 Å². The van der Waals surface area contributed by atoms with Crippen LogP contribution in [0.2, 0.25) is 0 Å². The molecule has 5 rings (SSSR count). The summed E-state index contributed by atoms with van der Waals surface area (Å²) in [5.41, 5.74) is 1.93. The number of amides is 1. The second kappa shape index (κ2) is 9.16. The smallest absolute Gasteiger partial charge is 0.265 e. The highest BCUT2D eigenvalue weighted by Gasteiger charge is 2.51. The number of carbonyl (C=O) groups excluding carboxylic acids is 2. The molecule has 0 saturated carbocycles. The van der Waals surface area contributed by atoms with Crippen molar-refractivity contribution in [2.45, 2.75) is 31.8 Å². The summed E-state index contributed by atoms with van der Waals surface area (Å²) in [6.07, 6.45) is 1.93. The van der Waals surface area contributed by atoms with Gasteiger partial charge in [0.05, 0.1) is 18.8 Å². The SMILES string of the molecule is CC1CCN(CN2C(=O)C(O)(CC(=O)c3ccc(-c4ccccc4)cc3)c3ccccc32)CC1. The van der Waals surface area contributed by atoms with E-state index in [0.29, 0.717) is 29.4 Å². The van der Waals surface area contributed by atoms with Crippen molar-refractivity contribution in [2.24, 2.45) is 5.92 Å². The lowest BCUT2D eigenvalue weighted by Crippen LogP contribution is -2.48. The van der Waals surface area contributed by atoms with Crippen molar-refractivity contribution in [3.8, 4) is 11.1 Å². The topological polar surface area (TPSA) is 60.9 Å². The van der Waals surface area contributed by atoms with Crippen molar-refractivity contribution in [1.29, 1.82) is 0 Å². The van der Waals surface area contributed by atoms with E-state index in [2.05, 4.69) is 11.8 Å². The lowest BCUT2D eigenvalue weighted by Gasteiger charge is -2.34. The molecule has 3 aromatic rings. The van der Waals surface area contributed by atoms with E-state index >= 15 is 0 Å². The van der Waals surface area contributed by atoms with Crippen molar-refractivity contribution in [1.82, 2.24) is 4.90 Å². The molecule has 5 nitrogen and oxygen atoms in total. The highest BCUT2D eigenvalue weighted by atomic mass is 16.3. The van der Waals surface area contributed by atoms with Gasteiger partial charge in [0.15, 0.2) is 11.4 Å². The molecule has 2 heterocycles. The van der Waals surface area contributed by atoms with Gasteiger partial charge in [0.25, 0.3) is 5.91 Å². The number of fused-ring (bicyclic) bond motifs is 1. The van der Waals surface area contributed by atoms with E-state index in [1.54, 1.807) is 23.1 Å². The highest BCUT2D eigenvalue weighted by molar-refractivity contribution is 6.10. The van der Waals surface area contributed by atoms with E-state index in [0.717, 1.165) is 37.1 Å². The number of anilines is 1. The zero-order valence-electron chi connectivity index (χ0n) is 19.5. The number of Topliss-reactive ketones (excluding diaryl/α,β-unsaturated/α-hetero) is 1. The molecule has 2 aliphatic heterocycles. The Balaban J connectivity index is 1.36. The van der Waals surface area contributed by atoms with Crippen molar-refractivity contribution in [3.05, 3.63) is 90.0 Å². The monoisotopic (exact) mass is 454 g/mol. The minimum Gasteiger partial charge on any atom is -0.375 e. The first-order chi connectivity index (χ1) is 16.5. The number of rotatable bonds is 6. The third-order valence-electron chi connectivity index (χ3n) is 7.19. The van der Waals surface area contributed by atoms with Crippen LogP contribution in [-0.2, 0) is 10.4 Å². The molecule has 0 aliphatic carbocycles. The van der Waals surface area contributed by atoms with E-state index in [1.807, 2.05) is 60.7 Å². The predicted molar refractivity (Wildman–Crippen MR) is 133 cm³/mol. The molecule has 1 N–H and O–H groups in total. The summed E-state index contributed by atoms with van der Waals surface area (Å²) in [6, 6.07) is 24.6. The van der Waals surface area contributed by atoms with Crippen molar-refractivity contribution < 1.29 is 14.7 Å². The molecule has 2 aliphatic rings. The average Bonchev–Trinajstić information content (AvgIpc) is 3.08. The summed E-state index contributed by atoms with van der Waals surface area (Å²) >= 11 is 0. The lowest BCUT2D eigenvalue weighted by atomic mass is 9.88. The summed E-state index contributed by atoms with van der Waals surface area (Å²) in [5, 5.41) is 11.6. The van der Waals surface area contributed by atoms with Crippen LogP contribution in [0.3, 0.4) is 0 Å². The molecule has 1 saturated heterocycles. The second-order valence-electron chi connectivity index (χ2n) is 9.60. The molecular formula is C29H30N2O3. The van der Waals surface area contributed by atoms with Gasteiger partial charge in [0.2, 0.25) is 0 Å². The van der Waals surface area contributed by atoms with Gasteiger partial charge < -0.3 is 5.11 Å².